The number of fused-ring (bicyclic) bond motifs is 4. The number of hydrogen-bond acceptors (Lipinski definition) is 3. The van der Waals surface area contributed by atoms with Crippen LogP contribution in [0.2, 0.25) is 0 Å². The summed E-state index contributed by atoms with van der Waals surface area (Å²) in [5, 5.41) is 1.71. The molecule has 3 aromatic carbocycles. The number of rotatable bonds is 4. The molecule has 4 rings (SSSR count). The van der Waals surface area contributed by atoms with E-state index in [1.807, 2.05) is 24.3 Å². The fourth-order valence-corrected chi connectivity index (χ4v) is 3.32. The number of ketones is 2. The van der Waals surface area contributed by atoms with Crippen molar-refractivity contribution in [1.29, 1.82) is 0 Å². The molecule has 3 aromatic rings. The number of benzene rings is 3. The fraction of sp³-hybridized carbons (Fsp3) is 0.182. The Balaban J connectivity index is 1.88. The summed E-state index contributed by atoms with van der Waals surface area (Å²) in [6.45, 7) is 2.76. The first kappa shape index (κ1) is 15.6. The standard InChI is InChI=1S/C22H18O3/c1-2-3-12-25-15-10-8-14-9-11-18-20(19(14)13-15)22(24)17-7-5-4-6-16(17)21(18)23/h4-11,13H,2-3,12H2,1H3. The third-order valence-electron chi connectivity index (χ3n) is 4.65. The average molecular weight is 330 g/mol. The first-order chi connectivity index (χ1) is 12.2. The van der Waals surface area contributed by atoms with E-state index < -0.39 is 0 Å². The maximum absolute atomic E-state index is 13.0. The molecule has 0 amide bonds. The van der Waals surface area contributed by atoms with Crippen molar-refractivity contribution < 1.29 is 14.3 Å². The lowest BCUT2D eigenvalue weighted by molar-refractivity contribution is 0.0980. The molecule has 3 heteroatoms. The van der Waals surface area contributed by atoms with Crippen molar-refractivity contribution in [2.75, 3.05) is 6.61 Å². The van der Waals surface area contributed by atoms with Crippen molar-refractivity contribution in [1.82, 2.24) is 0 Å². The molecule has 0 unspecified atom stereocenters. The molecule has 1 aliphatic rings. The lowest BCUT2D eigenvalue weighted by atomic mass is 9.81. The van der Waals surface area contributed by atoms with Gasteiger partial charge in [0.2, 0.25) is 0 Å². The van der Waals surface area contributed by atoms with E-state index in [4.69, 9.17) is 4.74 Å². The summed E-state index contributed by atoms with van der Waals surface area (Å²) in [7, 11) is 0. The average Bonchev–Trinajstić information content (AvgIpc) is 2.65. The molecule has 0 aliphatic heterocycles. The topological polar surface area (TPSA) is 43.4 Å². The highest BCUT2D eigenvalue weighted by atomic mass is 16.5. The van der Waals surface area contributed by atoms with Crippen molar-refractivity contribution in [3.63, 3.8) is 0 Å². The van der Waals surface area contributed by atoms with Crippen molar-refractivity contribution in [2.24, 2.45) is 0 Å². The van der Waals surface area contributed by atoms with E-state index in [0.717, 1.165) is 29.4 Å². The lowest BCUT2D eigenvalue weighted by Crippen LogP contribution is -2.21. The minimum atomic E-state index is -0.0958. The van der Waals surface area contributed by atoms with Gasteiger partial charge in [-0.15, -0.1) is 0 Å². The first-order valence-corrected chi connectivity index (χ1v) is 8.58. The molecular formula is C22H18O3. The van der Waals surface area contributed by atoms with Crippen molar-refractivity contribution in [3.8, 4) is 5.75 Å². The Morgan fingerprint density at radius 1 is 0.840 bits per heavy atom. The maximum Gasteiger partial charge on any atom is 0.195 e. The van der Waals surface area contributed by atoms with Crippen LogP contribution >= 0.6 is 0 Å². The van der Waals surface area contributed by atoms with Crippen LogP contribution in [0.5, 0.6) is 5.75 Å². The van der Waals surface area contributed by atoms with Crippen LogP contribution in [0.1, 0.15) is 51.6 Å². The summed E-state index contributed by atoms with van der Waals surface area (Å²) in [5.74, 6) is 0.541. The van der Waals surface area contributed by atoms with Crippen molar-refractivity contribution in [2.45, 2.75) is 19.8 Å². The van der Waals surface area contributed by atoms with Crippen molar-refractivity contribution >= 4 is 22.3 Å². The zero-order chi connectivity index (χ0) is 17.4. The van der Waals surface area contributed by atoms with E-state index in [0.29, 0.717) is 28.9 Å². The van der Waals surface area contributed by atoms with Crippen LogP contribution in [0.3, 0.4) is 0 Å². The van der Waals surface area contributed by atoms with E-state index >= 15 is 0 Å². The smallest absolute Gasteiger partial charge is 0.195 e. The number of carbonyl (C=O) groups excluding carboxylic acids is 2. The van der Waals surface area contributed by atoms with Crippen LogP contribution in [-0.4, -0.2) is 18.2 Å². The molecule has 124 valence electrons. The summed E-state index contributed by atoms with van der Waals surface area (Å²) in [6, 6.07) is 16.4. The largest absolute Gasteiger partial charge is 0.494 e. The van der Waals surface area contributed by atoms with E-state index in [1.165, 1.54) is 0 Å². The van der Waals surface area contributed by atoms with Crippen LogP contribution in [0.25, 0.3) is 10.8 Å². The van der Waals surface area contributed by atoms with Crippen LogP contribution in [-0.2, 0) is 0 Å². The molecule has 0 heterocycles. The molecule has 0 aromatic heterocycles. The Labute approximate surface area is 146 Å². The van der Waals surface area contributed by atoms with Gasteiger partial charge in [-0.1, -0.05) is 49.7 Å². The second-order valence-electron chi connectivity index (χ2n) is 6.28. The molecule has 3 nitrogen and oxygen atoms in total. The number of unbranched alkanes of at least 4 members (excludes halogenated alkanes) is 1. The molecule has 0 bridgehead atoms. The van der Waals surface area contributed by atoms with Gasteiger partial charge in [-0.25, -0.2) is 0 Å². The van der Waals surface area contributed by atoms with Crippen LogP contribution < -0.4 is 4.74 Å². The highest BCUT2D eigenvalue weighted by molar-refractivity contribution is 6.32. The molecule has 0 N–H and O–H groups in total. The first-order valence-electron chi connectivity index (χ1n) is 8.58. The SMILES string of the molecule is CCCCOc1ccc2ccc3c(c2c1)C(=O)c1ccccc1C3=O. The van der Waals surface area contributed by atoms with Gasteiger partial charge in [-0.2, -0.15) is 0 Å². The molecule has 0 saturated carbocycles. The molecule has 1 aliphatic carbocycles. The number of hydrogen-bond donors (Lipinski definition) is 0. The third kappa shape index (κ3) is 2.52. The minimum absolute atomic E-state index is 0.0931. The Bertz CT molecular complexity index is 1000. The van der Waals surface area contributed by atoms with Gasteiger partial charge in [-0.3, -0.25) is 9.59 Å². The molecule has 0 spiro atoms. The van der Waals surface area contributed by atoms with Gasteiger partial charge in [0, 0.05) is 22.3 Å². The van der Waals surface area contributed by atoms with Crippen LogP contribution in [0.15, 0.2) is 54.6 Å². The van der Waals surface area contributed by atoms with Gasteiger partial charge >= 0.3 is 0 Å². The molecule has 0 fully saturated rings. The van der Waals surface area contributed by atoms with Gasteiger partial charge in [0.15, 0.2) is 11.6 Å². The summed E-state index contributed by atoms with van der Waals surface area (Å²) >= 11 is 0. The van der Waals surface area contributed by atoms with E-state index in [9.17, 15) is 9.59 Å². The predicted molar refractivity (Wildman–Crippen MR) is 97.7 cm³/mol. The van der Waals surface area contributed by atoms with Crippen LogP contribution in [0, 0.1) is 0 Å². The quantitative estimate of drug-likeness (QED) is 0.505. The Hall–Kier alpha value is -2.94. The Kier molecular flexibility index (Phi) is 3.85. The zero-order valence-electron chi connectivity index (χ0n) is 14.0. The number of carbonyl (C=O) groups is 2. The van der Waals surface area contributed by atoms with Gasteiger partial charge < -0.3 is 4.74 Å². The molecule has 0 saturated heterocycles. The molecule has 0 radical (unpaired) electrons. The second-order valence-corrected chi connectivity index (χ2v) is 6.28. The van der Waals surface area contributed by atoms with Gasteiger partial charge in [0.05, 0.1) is 6.61 Å². The normalized spacial score (nSPS) is 12.8. The summed E-state index contributed by atoms with van der Waals surface area (Å²) in [5.41, 5.74) is 1.92. The molecular weight excluding hydrogens is 312 g/mol. The van der Waals surface area contributed by atoms with E-state index in [2.05, 4.69) is 6.92 Å². The van der Waals surface area contributed by atoms with Crippen LogP contribution in [0.4, 0.5) is 0 Å². The fourth-order valence-electron chi connectivity index (χ4n) is 3.32. The van der Waals surface area contributed by atoms with Gasteiger partial charge in [0.25, 0.3) is 0 Å². The minimum Gasteiger partial charge on any atom is -0.494 e. The Morgan fingerprint density at radius 3 is 2.32 bits per heavy atom. The van der Waals surface area contributed by atoms with Gasteiger partial charge in [0.1, 0.15) is 5.75 Å². The summed E-state index contributed by atoms with van der Waals surface area (Å²) in [6.07, 6.45) is 2.04. The molecule has 0 atom stereocenters. The lowest BCUT2D eigenvalue weighted by Gasteiger charge is -2.19. The van der Waals surface area contributed by atoms with Gasteiger partial charge in [-0.05, 0) is 35.4 Å². The second kappa shape index (κ2) is 6.17. The monoisotopic (exact) mass is 330 g/mol. The third-order valence-corrected chi connectivity index (χ3v) is 4.65. The summed E-state index contributed by atoms with van der Waals surface area (Å²) in [4.78, 5) is 25.9. The van der Waals surface area contributed by atoms with Crippen molar-refractivity contribution in [3.05, 3.63) is 76.9 Å². The summed E-state index contributed by atoms with van der Waals surface area (Å²) < 4.78 is 5.78. The highest BCUT2D eigenvalue weighted by Gasteiger charge is 2.30. The zero-order valence-corrected chi connectivity index (χ0v) is 14.0. The molecule has 25 heavy (non-hydrogen) atoms. The van der Waals surface area contributed by atoms with E-state index in [-0.39, 0.29) is 11.6 Å². The predicted octanol–water partition coefficient (Wildman–Crippen LogP) is 4.79. The Morgan fingerprint density at radius 2 is 1.56 bits per heavy atom. The maximum atomic E-state index is 13.0. The number of ether oxygens (including phenoxy) is 1. The highest BCUT2D eigenvalue weighted by Crippen LogP contribution is 2.34. The van der Waals surface area contributed by atoms with E-state index in [1.54, 1.807) is 30.3 Å².